The Morgan fingerprint density at radius 1 is 1.40 bits per heavy atom. The molecule has 15 heavy (non-hydrogen) atoms. The molecule has 0 amide bonds. The van der Waals surface area contributed by atoms with E-state index in [0.29, 0.717) is 5.57 Å². The molecule has 1 unspecified atom stereocenters. The molecule has 1 aromatic carbocycles. The van der Waals surface area contributed by atoms with Gasteiger partial charge in [-0.25, -0.2) is 4.79 Å². The predicted octanol–water partition coefficient (Wildman–Crippen LogP) is 2.44. The highest BCUT2D eigenvalue weighted by molar-refractivity contribution is 9.10. The van der Waals surface area contributed by atoms with Crippen molar-refractivity contribution in [2.75, 3.05) is 0 Å². The van der Waals surface area contributed by atoms with E-state index in [-0.39, 0.29) is 0 Å². The number of hydrogen-bond donors (Lipinski definition) is 1. The van der Waals surface area contributed by atoms with Crippen LogP contribution in [0.3, 0.4) is 0 Å². The number of carboxylic acids is 1. The fourth-order valence-corrected chi connectivity index (χ4v) is 1.70. The van der Waals surface area contributed by atoms with Crippen molar-refractivity contribution in [1.29, 1.82) is 5.26 Å². The minimum Gasteiger partial charge on any atom is -0.480 e. The van der Waals surface area contributed by atoms with Crippen molar-refractivity contribution in [3.63, 3.8) is 0 Å². The molecular formula is C11H6BrNO2. The van der Waals surface area contributed by atoms with Crippen molar-refractivity contribution in [2.24, 2.45) is 5.41 Å². The molecule has 2 rings (SSSR count). The molecule has 0 heterocycles. The topological polar surface area (TPSA) is 61.1 Å². The van der Waals surface area contributed by atoms with Crippen LogP contribution in [0.1, 0.15) is 5.56 Å². The maximum atomic E-state index is 10.9. The second kappa shape index (κ2) is 3.21. The third-order valence-electron chi connectivity index (χ3n) is 2.37. The first-order valence-corrected chi connectivity index (χ1v) is 5.03. The van der Waals surface area contributed by atoms with Crippen LogP contribution in [0.15, 0.2) is 34.8 Å². The van der Waals surface area contributed by atoms with Gasteiger partial charge in [-0.15, -0.1) is 0 Å². The third-order valence-corrected chi connectivity index (χ3v) is 2.90. The van der Waals surface area contributed by atoms with E-state index in [1.165, 1.54) is 6.08 Å². The van der Waals surface area contributed by atoms with Crippen LogP contribution in [0.25, 0.3) is 5.57 Å². The fourth-order valence-electron chi connectivity index (χ4n) is 1.44. The van der Waals surface area contributed by atoms with E-state index in [1.54, 1.807) is 12.1 Å². The Kier molecular flexibility index (Phi) is 2.13. The number of rotatable bonds is 2. The van der Waals surface area contributed by atoms with Gasteiger partial charge in [0.2, 0.25) is 0 Å². The Balaban J connectivity index is 2.31. The van der Waals surface area contributed by atoms with Crippen LogP contribution in [0.5, 0.6) is 0 Å². The van der Waals surface area contributed by atoms with Crippen molar-refractivity contribution in [3.8, 4) is 6.07 Å². The lowest BCUT2D eigenvalue weighted by molar-refractivity contribution is -0.139. The van der Waals surface area contributed by atoms with Crippen LogP contribution in [0, 0.1) is 16.7 Å². The number of hydrogen-bond acceptors (Lipinski definition) is 2. The summed E-state index contributed by atoms with van der Waals surface area (Å²) in [6.45, 7) is 0. The molecule has 1 N–H and O–H groups in total. The highest BCUT2D eigenvalue weighted by atomic mass is 79.9. The number of nitrogens with zero attached hydrogens (tertiary/aromatic N) is 1. The highest BCUT2D eigenvalue weighted by Crippen LogP contribution is 2.50. The molecule has 1 aliphatic carbocycles. The summed E-state index contributed by atoms with van der Waals surface area (Å²) < 4.78 is 0.922. The minimum atomic E-state index is -1.40. The molecule has 0 radical (unpaired) electrons. The lowest BCUT2D eigenvalue weighted by Gasteiger charge is -2.03. The molecule has 0 saturated carbocycles. The van der Waals surface area contributed by atoms with Crippen molar-refractivity contribution >= 4 is 27.5 Å². The SMILES string of the molecule is N#CC1(C(=O)O)C=C1c1ccc(Br)cc1. The number of nitriles is 1. The summed E-state index contributed by atoms with van der Waals surface area (Å²) in [4.78, 5) is 10.9. The zero-order valence-corrected chi connectivity index (χ0v) is 9.15. The average molecular weight is 264 g/mol. The number of benzene rings is 1. The first-order valence-electron chi connectivity index (χ1n) is 4.24. The summed E-state index contributed by atoms with van der Waals surface area (Å²) in [5.74, 6) is -1.11. The van der Waals surface area contributed by atoms with Gasteiger partial charge in [0.15, 0.2) is 5.41 Å². The Morgan fingerprint density at radius 3 is 2.40 bits per heavy atom. The summed E-state index contributed by atoms with van der Waals surface area (Å²) >= 11 is 3.29. The maximum Gasteiger partial charge on any atom is 0.332 e. The van der Waals surface area contributed by atoms with E-state index in [1.807, 2.05) is 18.2 Å². The zero-order valence-electron chi connectivity index (χ0n) is 7.57. The number of aliphatic carboxylic acids is 1. The van der Waals surface area contributed by atoms with Crippen molar-refractivity contribution in [1.82, 2.24) is 0 Å². The van der Waals surface area contributed by atoms with E-state index in [2.05, 4.69) is 15.9 Å². The first kappa shape index (κ1) is 9.94. The molecule has 0 aromatic heterocycles. The Hall–Kier alpha value is -1.60. The molecule has 74 valence electrons. The molecular weight excluding hydrogens is 258 g/mol. The number of halogens is 1. The Morgan fingerprint density at radius 2 is 2.00 bits per heavy atom. The van der Waals surface area contributed by atoms with Crippen LogP contribution >= 0.6 is 15.9 Å². The van der Waals surface area contributed by atoms with Gasteiger partial charge in [0.1, 0.15) is 0 Å². The zero-order chi connectivity index (χ0) is 11.1. The maximum absolute atomic E-state index is 10.9. The highest BCUT2D eigenvalue weighted by Gasteiger charge is 2.52. The Bertz CT molecular complexity index is 498. The van der Waals surface area contributed by atoms with Crippen molar-refractivity contribution in [2.45, 2.75) is 0 Å². The van der Waals surface area contributed by atoms with Crippen LogP contribution in [-0.2, 0) is 4.79 Å². The van der Waals surface area contributed by atoms with Gasteiger partial charge < -0.3 is 5.11 Å². The quantitative estimate of drug-likeness (QED) is 0.892. The predicted molar refractivity (Wildman–Crippen MR) is 57.8 cm³/mol. The average Bonchev–Trinajstić information content (AvgIpc) is 2.95. The summed E-state index contributed by atoms with van der Waals surface area (Å²) in [6, 6.07) is 9.03. The molecule has 0 saturated heterocycles. The smallest absolute Gasteiger partial charge is 0.332 e. The molecule has 0 fully saturated rings. The van der Waals surface area contributed by atoms with Gasteiger partial charge in [0, 0.05) is 4.47 Å². The van der Waals surface area contributed by atoms with Gasteiger partial charge in [-0.2, -0.15) is 5.26 Å². The summed E-state index contributed by atoms with van der Waals surface area (Å²) in [7, 11) is 0. The first-order chi connectivity index (χ1) is 7.10. The lowest BCUT2D eigenvalue weighted by Crippen LogP contribution is -2.15. The van der Waals surface area contributed by atoms with Crippen LogP contribution in [0.4, 0.5) is 0 Å². The van der Waals surface area contributed by atoms with E-state index < -0.39 is 11.4 Å². The van der Waals surface area contributed by atoms with Crippen molar-refractivity contribution < 1.29 is 9.90 Å². The van der Waals surface area contributed by atoms with Gasteiger partial charge in [0.25, 0.3) is 0 Å². The Labute approximate surface area is 94.8 Å². The van der Waals surface area contributed by atoms with Gasteiger partial charge in [-0.05, 0) is 29.3 Å². The third kappa shape index (κ3) is 1.45. The van der Waals surface area contributed by atoms with E-state index in [0.717, 1.165) is 10.0 Å². The van der Waals surface area contributed by atoms with Crippen LogP contribution < -0.4 is 0 Å². The van der Waals surface area contributed by atoms with Crippen molar-refractivity contribution in [3.05, 3.63) is 40.4 Å². The standard InChI is InChI=1S/C11H6BrNO2/c12-8-3-1-7(2-4-8)9-5-11(9,6-13)10(14)15/h1-5H,(H,14,15). The largest absolute Gasteiger partial charge is 0.480 e. The fraction of sp³-hybridized carbons (Fsp3) is 0.0909. The van der Waals surface area contributed by atoms with E-state index >= 15 is 0 Å². The molecule has 0 aliphatic heterocycles. The molecule has 1 aromatic rings. The van der Waals surface area contributed by atoms with Gasteiger partial charge in [-0.1, -0.05) is 28.1 Å². The number of carbonyl (C=O) groups is 1. The lowest BCUT2D eigenvalue weighted by atomic mass is 9.98. The molecule has 1 atom stereocenters. The molecule has 1 aliphatic rings. The summed E-state index contributed by atoms with van der Waals surface area (Å²) in [5.41, 5.74) is -0.0412. The van der Waals surface area contributed by atoms with E-state index in [4.69, 9.17) is 10.4 Å². The molecule has 0 spiro atoms. The van der Waals surface area contributed by atoms with Gasteiger partial charge in [0.05, 0.1) is 6.07 Å². The molecule has 3 nitrogen and oxygen atoms in total. The van der Waals surface area contributed by atoms with Crippen LogP contribution in [0.2, 0.25) is 0 Å². The summed E-state index contributed by atoms with van der Waals surface area (Å²) in [5, 5.41) is 17.7. The van der Waals surface area contributed by atoms with Gasteiger partial charge >= 0.3 is 5.97 Å². The van der Waals surface area contributed by atoms with Crippen LogP contribution in [-0.4, -0.2) is 11.1 Å². The molecule has 0 bridgehead atoms. The number of carboxylic acid groups (broad SMARTS) is 1. The second-order valence-electron chi connectivity index (χ2n) is 3.29. The minimum absolute atomic E-state index is 0.574. The normalized spacial score (nSPS) is 22.8. The van der Waals surface area contributed by atoms with E-state index in [9.17, 15) is 4.79 Å². The molecule has 4 heteroatoms. The van der Waals surface area contributed by atoms with Gasteiger partial charge in [-0.3, -0.25) is 0 Å². The second-order valence-corrected chi connectivity index (χ2v) is 4.21. The summed E-state index contributed by atoms with van der Waals surface area (Å²) in [6.07, 6.45) is 1.47. The monoisotopic (exact) mass is 263 g/mol.